The van der Waals surface area contributed by atoms with Gasteiger partial charge in [-0.25, -0.2) is 0 Å². The van der Waals surface area contributed by atoms with Crippen LogP contribution in [0.5, 0.6) is 0 Å². The quantitative estimate of drug-likeness (QED) is 0.255. The monoisotopic (exact) mass is 591 g/mol. The third-order valence-electron chi connectivity index (χ3n) is 1.69. The zero-order valence-corrected chi connectivity index (χ0v) is 20.5. The van der Waals surface area contributed by atoms with E-state index < -0.39 is 0 Å². The van der Waals surface area contributed by atoms with Gasteiger partial charge < -0.3 is 13.5 Å². The average Bonchev–Trinajstić information content (AvgIpc) is 2.21. The van der Waals surface area contributed by atoms with Gasteiger partial charge in [0.2, 0.25) is 0 Å². The summed E-state index contributed by atoms with van der Waals surface area (Å²) in [5.74, 6) is 0. The Hall–Kier alpha value is 0.660. The van der Waals surface area contributed by atoms with Crippen LogP contribution in [0.25, 0.3) is 0 Å². The second-order valence-electron chi connectivity index (χ2n) is 2.97. The standard InChI is InChI=1S/2C6H5.2Hg.H2S/c2*1-2-4-6-5-3-1;;;/h2*1-5H;;;1H2/q;;;+1;/p-1. The van der Waals surface area contributed by atoms with E-state index in [1.54, 1.807) is 0 Å². The minimum Gasteiger partial charge on any atom is -0.813 e. The van der Waals surface area contributed by atoms with Crippen molar-refractivity contribution in [1.29, 1.82) is 0 Å². The van der Waals surface area contributed by atoms with Gasteiger partial charge in [-0.1, -0.05) is 0 Å². The van der Waals surface area contributed by atoms with E-state index in [4.69, 9.17) is 0 Å². The molecule has 0 bridgehead atoms. The number of hydrogen-bond donors (Lipinski definition) is 0. The molecule has 0 spiro atoms. The van der Waals surface area contributed by atoms with Crippen LogP contribution in [0.2, 0.25) is 0 Å². The maximum atomic E-state index is 2.17. The van der Waals surface area contributed by atoms with E-state index in [0.29, 0.717) is 0 Å². The fraction of sp³-hybridized carbons (Fsp3) is 0. The summed E-state index contributed by atoms with van der Waals surface area (Å²) in [6, 6.07) is 21.1. The maximum Gasteiger partial charge on any atom is -0.813 e. The van der Waals surface area contributed by atoms with Crippen LogP contribution in [0.1, 0.15) is 0 Å². The van der Waals surface area contributed by atoms with Crippen LogP contribution in [0, 0.1) is 0 Å². The van der Waals surface area contributed by atoms with Crippen molar-refractivity contribution in [3.63, 3.8) is 0 Å². The molecule has 2 aromatic carbocycles. The first-order chi connectivity index (χ1) is 6.79. The molecule has 69 valence electrons. The summed E-state index contributed by atoms with van der Waals surface area (Å²) in [6.07, 6.45) is 0. The Balaban J connectivity index is 0.000000245. The summed E-state index contributed by atoms with van der Waals surface area (Å²) in [5, 5.41) is 0. The normalized spacial score (nSPS) is 8.27. The molecule has 3 heteroatoms. The van der Waals surface area contributed by atoms with Gasteiger partial charge in [-0.2, -0.15) is 0 Å². The molecule has 0 unspecified atom stereocenters. The van der Waals surface area contributed by atoms with E-state index in [1.807, 2.05) is 0 Å². The van der Waals surface area contributed by atoms with E-state index in [-0.39, 0.29) is 13.5 Å². The predicted molar refractivity (Wildman–Crippen MR) is 60.9 cm³/mol. The van der Waals surface area contributed by atoms with Gasteiger partial charge >= 0.3 is 119 Å². The van der Waals surface area contributed by atoms with Crippen molar-refractivity contribution in [3.8, 4) is 0 Å². The first kappa shape index (κ1) is 15.7. The van der Waals surface area contributed by atoms with Crippen LogP contribution in [0.15, 0.2) is 60.7 Å². The first-order valence-corrected chi connectivity index (χ1v) is 10.0. The molecule has 15 heavy (non-hydrogen) atoms. The molecule has 2 aromatic rings. The van der Waals surface area contributed by atoms with Gasteiger partial charge in [0, 0.05) is 0 Å². The van der Waals surface area contributed by atoms with E-state index in [0.717, 1.165) is 52.2 Å². The topological polar surface area (TPSA) is 0 Å². The molecule has 0 aliphatic heterocycles. The molecule has 0 saturated carbocycles. The largest absolute Gasteiger partial charge is 0.813 e. The predicted octanol–water partition coefficient (Wildman–Crippen LogP) is 1.45. The van der Waals surface area contributed by atoms with Gasteiger partial charge in [-0.3, -0.25) is 0 Å². The van der Waals surface area contributed by atoms with Crippen LogP contribution >= 0.6 is 0 Å². The molecular formula is C12H11Hg2S. The third kappa shape index (κ3) is 8.47. The van der Waals surface area contributed by atoms with Gasteiger partial charge in [0.1, 0.15) is 0 Å². The van der Waals surface area contributed by atoms with E-state index in [9.17, 15) is 0 Å². The fourth-order valence-corrected chi connectivity index (χ4v) is 3.07. The summed E-state index contributed by atoms with van der Waals surface area (Å²) in [6.45, 7) is 0. The van der Waals surface area contributed by atoms with Gasteiger partial charge in [0.05, 0.1) is 0 Å². The maximum absolute atomic E-state index is 2.17. The number of hydrogen-bond acceptors (Lipinski definition) is 1. The Kier molecular flexibility index (Phi) is 10.3. The third-order valence-corrected chi connectivity index (χ3v) is 5.35. The molecule has 0 aliphatic rings. The molecule has 0 atom stereocenters. The van der Waals surface area contributed by atoms with Crippen LogP contribution in [-0.4, -0.2) is 0 Å². The molecule has 2 rings (SSSR count). The molecule has 0 N–H and O–H groups in total. The molecule has 0 aliphatic carbocycles. The van der Waals surface area contributed by atoms with Crippen molar-refractivity contribution in [2.24, 2.45) is 0 Å². The van der Waals surface area contributed by atoms with Crippen molar-refractivity contribution in [3.05, 3.63) is 60.7 Å². The fourth-order valence-electron chi connectivity index (χ4n) is 0.956. The minimum atomic E-state index is 0. The van der Waals surface area contributed by atoms with Gasteiger partial charge in [-0.15, -0.1) is 0 Å². The summed E-state index contributed by atoms with van der Waals surface area (Å²) in [4.78, 5) is 0. The first-order valence-electron chi connectivity index (χ1n) is 4.53. The SMILES string of the molecule is [Hg+][c]1ccccc1.[Hg][c]1ccccc1.[SH-]. The van der Waals surface area contributed by atoms with Crippen LogP contribution in [-0.2, 0) is 65.7 Å². The van der Waals surface area contributed by atoms with Crippen molar-refractivity contribution in [1.82, 2.24) is 0 Å². The van der Waals surface area contributed by atoms with Crippen molar-refractivity contribution in [2.45, 2.75) is 0 Å². The van der Waals surface area contributed by atoms with Crippen LogP contribution in [0.4, 0.5) is 0 Å². The molecule has 0 aromatic heterocycles. The minimum absolute atomic E-state index is 0. The molecule has 0 heterocycles. The average molecular weight is 588 g/mol. The summed E-state index contributed by atoms with van der Waals surface area (Å²) in [5.41, 5.74) is 0. The zero-order chi connectivity index (χ0) is 10.2. The summed E-state index contributed by atoms with van der Waals surface area (Å²) >= 11 is 1.62. The Bertz CT molecular complexity index is 311. The smallest absolute Gasteiger partial charge is 0.813 e. The Labute approximate surface area is 131 Å². The summed E-state index contributed by atoms with van der Waals surface area (Å²) in [7, 11) is 0. The summed E-state index contributed by atoms with van der Waals surface area (Å²) < 4.78 is 3.03. The van der Waals surface area contributed by atoms with Crippen molar-refractivity contribution < 1.29 is 52.2 Å². The van der Waals surface area contributed by atoms with Crippen molar-refractivity contribution in [2.75, 3.05) is 0 Å². The second kappa shape index (κ2) is 9.86. The molecule has 0 radical (unpaired) electrons. The number of rotatable bonds is 0. The zero-order valence-electron chi connectivity index (χ0n) is 8.63. The Morgan fingerprint density at radius 2 is 1.13 bits per heavy atom. The van der Waals surface area contributed by atoms with Gasteiger partial charge in [0.25, 0.3) is 0 Å². The van der Waals surface area contributed by atoms with Gasteiger partial charge in [0.15, 0.2) is 0 Å². The second-order valence-corrected chi connectivity index (χ2v) is 9.32. The number of benzene rings is 2. The molecule has 0 saturated heterocycles. The van der Waals surface area contributed by atoms with Crippen LogP contribution < -0.4 is 6.14 Å². The molecular weight excluding hydrogens is 577 g/mol. The molecule has 0 amide bonds. The number of thiol groups is 1. The van der Waals surface area contributed by atoms with Crippen LogP contribution in [0.3, 0.4) is 0 Å². The molecule has 0 fully saturated rings. The van der Waals surface area contributed by atoms with E-state index in [1.165, 1.54) is 6.14 Å². The van der Waals surface area contributed by atoms with Gasteiger partial charge in [-0.05, 0) is 0 Å². The Morgan fingerprint density at radius 1 is 0.733 bits per heavy atom. The molecule has 0 nitrogen and oxygen atoms in total. The van der Waals surface area contributed by atoms with E-state index in [2.05, 4.69) is 60.7 Å². The van der Waals surface area contributed by atoms with E-state index >= 15 is 0 Å². The van der Waals surface area contributed by atoms with Crippen molar-refractivity contribution >= 4 is 19.6 Å². The Morgan fingerprint density at radius 3 is 1.33 bits per heavy atom.